The van der Waals surface area contributed by atoms with Gasteiger partial charge < -0.3 is 15.8 Å². The van der Waals surface area contributed by atoms with Crippen LogP contribution < -0.4 is 11.1 Å². The summed E-state index contributed by atoms with van der Waals surface area (Å²) < 4.78 is 32.2. The van der Waals surface area contributed by atoms with Crippen molar-refractivity contribution in [3.63, 3.8) is 0 Å². The van der Waals surface area contributed by atoms with Gasteiger partial charge in [-0.2, -0.15) is 4.31 Å². The number of esters is 1. The van der Waals surface area contributed by atoms with Gasteiger partial charge in [0.15, 0.2) is 0 Å². The van der Waals surface area contributed by atoms with Crippen LogP contribution in [0.25, 0.3) is 0 Å². The second-order valence-electron chi connectivity index (χ2n) is 7.89. The Bertz CT molecular complexity index is 1180. The molecule has 2 aromatic rings. The normalized spacial score (nSPS) is 15.1. The van der Waals surface area contributed by atoms with Gasteiger partial charge in [0.1, 0.15) is 5.00 Å². The molecule has 1 saturated heterocycles. The Morgan fingerprint density at radius 3 is 2.26 bits per heavy atom. The molecule has 0 aliphatic carbocycles. The van der Waals surface area contributed by atoms with Crippen molar-refractivity contribution in [3.8, 4) is 0 Å². The van der Waals surface area contributed by atoms with Gasteiger partial charge in [0.25, 0.3) is 5.91 Å². The van der Waals surface area contributed by atoms with E-state index in [1.807, 2.05) is 11.8 Å². The minimum Gasteiger partial charge on any atom is -0.462 e. The highest BCUT2D eigenvalue weighted by Crippen LogP contribution is 2.33. The molecule has 184 valence electrons. The number of thiophene rings is 1. The Kier molecular flexibility index (Phi) is 8.08. The number of hydrogen-bond acceptors (Lipinski definition) is 8. The molecule has 2 heterocycles. The van der Waals surface area contributed by atoms with Crippen LogP contribution in [-0.2, 0) is 19.6 Å². The lowest BCUT2D eigenvalue weighted by Gasteiger charge is -2.33. The number of aryl methyl sites for hydroxylation is 1. The molecule has 0 atom stereocenters. The molecule has 2 amide bonds. The summed E-state index contributed by atoms with van der Waals surface area (Å²) in [5, 5.41) is 2.89. The van der Waals surface area contributed by atoms with Gasteiger partial charge in [-0.05, 0) is 38.5 Å². The number of nitrogens with one attached hydrogen (secondary N) is 1. The van der Waals surface area contributed by atoms with Crippen molar-refractivity contribution in [3.05, 3.63) is 45.8 Å². The molecular weight excluding hydrogens is 480 g/mol. The first kappa shape index (κ1) is 25.8. The van der Waals surface area contributed by atoms with E-state index in [-0.39, 0.29) is 46.6 Å². The molecule has 0 radical (unpaired) electrons. The number of carbonyl (C=O) groups excluding carboxylic acids is 3. The van der Waals surface area contributed by atoms with E-state index in [2.05, 4.69) is 5.32 Å². The molecule has 0 unspecified atom stereocenters. The lowest BCUT2D eigenvalue weighted by Crippen LogP contribution is -2.50. The van der Waals surface area contributed by atoms with Crippen molar-refractivity contribution in [1.82, 2.24) is 9.21 Å². The summed E-state index contributed by atoms with van der Waals surface area (Å²) >= 11 is 0.928. The van der Waals surface area contributed by atoms with Crippen molar-refractivity contribution in [2.75, 3.05) is 44.6 Å². The number of hydrogen-bond donors (Lipinski definition) is 2. The molecule has 3 N–H and O–H groups in total. The SMILES string of the molecule is CCOC(=O)c1c(NC(=O)CN2CCN(S(=O)(=O)c3ccc(C)cc3)CC2)sc(C(N)=O)c1C. The first-order chi connectivity index (χ1) is 16.0. The molecular formula is C22H28N4O6S2. The first-order valence-corrected chi connectivity index (χ1v) is 13.0. The van der Waals surface area contributed by atoms with E-state index in [0.29, 0.717) is 18.7 Å². The number of rotatable bonds is 8. The van der Waals surface area contributed by atoms with Crippen LogP contribution in [0, 0.1) is 13.8 Å². The molecule has 1 aliphatic heterocycles. The predicted molar refractivity (Wildman–Crippen MR) is 129 cm³/mol. The fourth-order valence-corrected chi connectivity index (χ4v) is 6.13. The quantitative estimate of drug-likeness (QED) is 0.516. The van der Waals surface area contributed by atoms with Crippen LogP contribution in [0.5, 0.6) is 0 Å². The highest BCUT2D eigenvalue weighted by Gasteiger charge is 2.30. The Morgan fingerprint density at radius 1 is 1.09 bits per heavy atom. The second kappa shape index (κ2) is 10.6. The lowest BCUT2D eigenvalue weighted by molar-refractivity contribution is -0.117. The number of primary amides is 1. The average Bonchev–Trinajstić information content (AvgIpc) is 3.10. The third-order valence-electron chi connectivity index (χ3n) is 5.46. The zero-order valence-corrected chi connectivity index (χ0v) is 20.9. The Labute approximate surface area is 202 Å². The molecule has 1 aromatic heterocycles. The summed E-state index contributed by atoms with van der Waals surface area (Å²) in [5.74, 6) is -1.73. The van der Waals surface area contributed by atoms with Crippen LogP contribution in [-0.4, -0.2) is 74.7 Å². The standard InChI is InChI=1S/C22H28N4O6S2/c1-4-32-22(29)18-15(3)19(20(23)28)33-21(18)24-17(27)13-25-9-11-26(12-10-25)34(30,31)16-7-5-14(2)6-8-16/h5-8H,4,9-13H2,1-3H3,(H2,23,28)(H,24,27). The maximum atomic E-state index is 12.9. The van der Waals surface area contributed by atoms with E-state index in [1.54, 1.807) is 38.1 Å². The van der Waals surface area contributed by atoms with Gasteiger partial charge in [0.05, 0.1) is 28.5 Å². The first-order valence-electron chi connectivity index (χ1n) is 10.7. The van der Waals surface area contributed by atoms with Gasteiger partial charge in [0.2, 0.25) is 15.9 Å². The van der Waals surface area contributed by atoms with Gasteiger partial charge >= 0.3 is 5.97 Å². The fraction of sp³-hybridized carbons (Fsp3) is 0.409. The van der Waals surface area contributed by atoms with Crippen LogP contribution in [0.1, 0.15) is 38.1 Å². The van der Waals surface area contributed by atoms with E-state index < -0.39 is 27.8 Å². The predicted octanol–water partition coefficient (Wildman–Crippen LogP) is 1.59. The van der Waals surface area contributed by atoms with Gasteiger partial charge in [-0.1, -0.05) is 17.7 Å². The topological polar surface area (TPSA) is 139 Å². The molecule has 0 spiro atoms. The Morgan fingerprint density at radius 2 is 1.71 bits per heavy atom. The third kappa shape index (κ3) is 5.63. The van der Waals surface area contributed by atoms with Crippen molar-refractivity contribution in [2.45, 2.75) is 25.7 Å². The highest BCUT2D eigenvalue weighted by atomic mass is 32.2. The highest BCUT2D eigenvalue weighted by molar-refractivity contribution is 7.89. The van der Waals surface area contributed by atoms with Crippen molar-refractivity contribution in [2.24, 2.45) is 5.73 Å². The van der Waals surface area contributed by atoms with Gasteiger partial charge in [-0.25, -0.2) is 13.2 Å². The number of carbonyl (C=O) groups is 3. The molecule has 0 bridgehead atoms. The van der Waals surface area contributed by atoms with Crippen LogP contribution in [0.2, 0.25) is 0 Å². The van der Waals surface area contributed by atoms with Crippen molar-refractivity contribution >= 4 is 44.1 Å². The van der Waals surface area contributed by atoms with E-state index in [9.17, 15) is 22.8 Å². The maximum absolute atomic E-state index is 12.9. The molecule has 3 rings (SSSR count). The van der Waals surface area contributed by atoms with Crippen LogP contribution in [0.3, 0.4) is 0 Å². The summed E-state index contributed by atoms with van der Waals surface area (Å²) in [7, 11) is -3.60. The number of ether oxygens (including phenoxy) is 1. The second-order valence-corrected chi connectivity index (χ2v) is 10.8. The van der Waals surface area contributed by atoms with Gasteiger partial charge in [-0.15, -0.1) is 11.3 Å². The summed E-state index contributed by atoms with van der Waals surface area (Å²) in [5.41, 5.74) is 6.85. The summed E-state index contributed by atoms with van der Waals surface area (Å²) in [4.78, 5) is 39.0. The van der Waals surface area contributed by atoms with Gasteiger partial charge in [-0.3, -0.25) is 14.5 Å². The summed E-state index contributed by atoms with van der Waals surface area (Å²) in [6.45, 7) is 6.52. The molecule has 10 nitrogen and oxygen atoms in total. The monoisotopic (exact) mass is 508 g/mol. The molecule has 1 aliphatic rings. The summed E-state index contributed by atoms with van der Waals surface area (Å²) in [6.07, 6.45) is 0. The molecule has 1 fully saturated rings. The number of nitrogens with two attached hydrogens (primary N) is 1. The minimum absolute atomic E-state index is 0.00351. The number of nitrogens with zero attached hydrogens (tertiary/aromatic N) is 2. The van der Waals surface area contributed by atoms with E-state index >= 15 is 0 Å². The van der Waals surface area contributed by atoms with E-state index in [0.717, 1.165) is 16.9 Å². The van der Waals surface area contributed by atoms with Crippen LogP contribution in [0.15, 0.2) is 29.2 Å². The zero-order chi connectivity index (χ0) is 25.0. The molecule has 0 saturated carbocycles. The number of piperazine rings is 1. The third-order valence-corrected chi connectivity index (χ3v) is 8.59. The Hall–Kier alpha value is -2.80. The number of anilines is 1. The largest absolute Gasteiger partial charge is 0.462 e. The average molecular weight is 509 g/mol. The number of sulfonamides is 1. The Balaban J connectivity index is 1.64. The number of amides is 2. The zero-order valence-electron chi connectivity index (χ0n) is 19.3. The maximum Gasteiger partial charge on any atom is 0.341 e. The smallest absolute Gasteiger partial charge is 0.341 e. The minimum atomic E-state index is -3.60. The molecule has 1 aromatic carbocycles. The molecule has 34 heavy (non-hydrogen) atoms. The number of benzene rings is 1. The van der Waals surface area contributed by atoms with Gasteiger partial charge in [0, 0.05) is 26.2 Å². The van der Waals surface area contributed by atoms with Crippen molar-refractivity contribution < 1.29 is 27.5 Å². The van der Waals surface area contributed by atoms with Crippen LogP contribution >= 0.6 is 11.3 Å². The molecule has 12 heteroatoms. The van der Waals surface area contributed by atoms with Crippen molar-refractivity contribution in [1.29, 1.82) is 0 Å². The van der Waals surface area contributed by atoms with E-state index in [4.69, 9.17) is 10.5 Å². The van der Waals surface area contributed by atoms with Crippen LogP contribution in [0.4, 0.5) is 5.00 Å². The summed E-state index contributed by atoms with van der Waals surface area (Å²) in [6, 6.07) is 6.70. The van der Waals surface area contributed by atoms with E-state index in [1.165, 1.54) is 4.31 Å². The lowest BCUT2D eigenvalue weighted by atomic mass is 10.1. The fourth-order valence-electron chi connectivity index (χ4n) is 3.64.